The molecule has 0 bridgehead atoms. The molecule has 11 nitrogen and oxygen atoms in total. The third kappa shape index (κ3) is 13.9. The third-order valence-corrected chi connectivity index (χ3v) is 3.51. The molecule has 10 N–H and O–H groups in total. The van der Waals surface area contributed by atoms with Gasteiger partial charge in [0.2, 0.25) is 0 Å². The number of esters is 4. The Kier molecular flexibility index (Phi) is 16.4. The van der Waals surface area contributed by atoms with E-state index in [1.165, 1.54) is 0 Å². The van der Waals surface area contributed by atoms with Gasteiger partial charge in [-0.05, 0) is 38.8 Å². The van der Waals surface area contributed by atoms with E-state index in [1.54, 1.807) is 0 Å². The molecule has 0 fully saturated rings. The molecule has 2 atom stereocenters. The molecule has 0 aromatic rings. The van der Waals surface area contributed by atoms with Crippen LogP contribution in [0.4, 0.5) is 0 Å². The number of rotatable bonds is 13. The Bertz CT molecular complexity index is 432. The SMILES string of the molecule is NCCCC[C@H](N)C(=O)OC(=O)CCC(=O)OC(=O)[C@@H](N)CCCCN.O. The van der Waals surface area contributed by atoms with E-state index < -0.39 is 48.8 Å². The first-order valence-electron chi connectivity index (χ1n) is 8.72. The molecule has 0 spiro atoms. The van der Waals surface area contributed by atoms with E-state index in [0.29, 0.717) is 51.6 Å². The number of unbranched alkanes of at least 4 members (excludes halogenated alkanes) is 2. The van der Waals surface area contributed by atoms with Crippen LogP contribution in [0.2, 0.25) is 0 Å². The Morgan fingerprint density at radius 3 is 1.30 bits per heavy atom. The van der Waals surface area contributed by atoms with E-state index in [-0.39, 0.29) is 5.48 Å². The molecule has 0 aliphatic rings. The van der Waals surface area contributed by atoms with E-state index in [0.717, 1.165) is 0 Å². The molecule has 0 saturated carbocycles. The largest absolute Gasteiger partial charge is 0.412 e. The summed E-state index contributed by atoms with van der Waals surface area (Å²) in [5.74, 6) is -3.56. The molecule has 0 rings (SSSR count). The number of carbonyl (C=O) groups excluding carboxylic acids is 4. The lowest BCUT2D eigenvalue weighted by Crippen LogP contribution is -2.34. The molecule has 0 radical (unpaired) electrons. The highest BCUT2D eigenvalue weighted by molar-refractivity contribution is 5.92. The molecule has 0 aromatic heterocycles. The predicted octanol–water partition coefficient (Wildman–Crippen LogP) is -2.01. The van der Waals surface area contributed by atoms with E-state index in [4.69, 9.17) is 22.9 Å². The van der Waals surface area contributed by atoms with Crippen molar-refractivity contribution in [3.8, 4) is 0 Å². The third-order valence-electron chi connectivity index (χ3n) is 3.51. The van der Waals surface area contributed by atoms with E-state index in [1.807, 2.05) is 0 Å². The fourth-order valence-electron chi connectivity index (χ4n) is 1.93. The predicted molar refractivity (Wildman–Crippen MR) is 96.8 cm³/mol. The van der Waals surface area contributed by atoms with E-state index in [9.17, 15) is 19.2 Å². The summed E-state index contributed by atoms with van der Waals surface area (Å²) in [7, 11) is 0. The summed E-state index contributed by atoms with van der Waals surface area (Å²) < 4.78 is 9.10. The molecule has 0 amide bonds. The smallest absolute Gasteiger partial charge is 0.330 e. The minimum absolute atomic E-state index is 0. The van der Waals surface area contributed by atoms with Crippen LogP contribution in [-0.4, -0.2) is 54.5 Å². The van der Waals surface area contributed by atoms with Crippen molar-refractivity contribution in [1.82, 2.24) is 0 Å². The number of carbonyl (C=O) groups is 4. The maximum Gasteiger partial charge on any atom is 0.330 e. The van der Waals surface area contributed by atoms with Crippen molar-refractivity contribution in [3.05, 3.63) is 0 Å². The standard InChI is InChI=1S/C16H30N4O6.H2O/c17-9-3-1-5-11(19)15(23)25-13(21)7-8-14(22)26-16(24)12(20)6-2-4-10-18;/h11-12H,1-10,17-20H2;1H2/t11-,12-;/m0./s1. The summed E-state index contributed by atoms with van der Waals surface area (Å²) in [5, 5.41) is 0. The zero-order valence-electron chi connectivity index (χ0n) is 15.5. The second-order valence-corrected chi connectivity index (χ2v) is 5.87. The topological polar surface area (TPSA) is 222 Å². The molecule has 27 heavy (non-hydrogen) atoms. The van der Waals surface area contributed by atoms with Crippen molar-refractivity contribution in [2.24, 2.45) is 22.9 Å². The van der Waals surface area contributed by atoms with Crippen molar-refractivity contribution in [1.29, 1.82) is 0 Å². The van der Waals surface area contributed by atoms with Crippen LogP contribution in [0.25, 0.3) is 0 Å². The Balaban J connectivity index is 0. The lowest BCUT2D eigenvalue weighted by Gasteiger charge is -2.11. The average molecular weight is 392 g/mol. The van der Waals surface area contributed by atoms with Gasteiger partial charge in [0.1, 0.15) is 12.1 Å². The monoisotopic (exact) mass is 392 g/mol. The van der Waals surface area contributed by atoms with E-state index in [2.05, 4.69) is 9.47 Å². The summed E-state index contributed by atoms with van der Waals surface area (Å²) in [6.45, 7) is 0.969. The Morgan fingerprint density at radius 2 is 1.00 bits per heavy atom. The number of hydrogen-bond acceptors (Lipinski definition) is 10. The fourth-order valence-corrected chi connectivity index (χ4v) is 1.93. The molecular formula is C16H32N4O7. The normalized spacial score (nSPS) is 12.4. The van der Waals surface area contributed by atoms with Crippen LogP contribution >= 0.6 is 0 Å². The molecule has 11 heteroatoms. The van der Waals surface area contributed by atoms with Crippen LogP contribution in [0.5, 0.6) is 0 Å². The molecule has 158 valence electrons. The van der Waals surface area contributed by atoms with Gasteiger partial charge in [-0.1, -0.05) is 12.8 Å². The maximum absolute atomic E-state index is 11.6. The average Bonchev–Trinajstić information content (AvgIpc) is 2.60. The van der Waals surface area contributed by atoms with Gasteiger partial charge in [0, 0.05) is 0 Å². The highest BCUT2D eigenvalue weighted by Crippen LogP contribution is 2.04. The molecule has 0 aromatic carbocycles. The van der Waals surface area contributed by atoms with Gasteiger partial charge in [0.05, 0.1) is 12.8 Å². The summed E-state index contributed by atoms with van der Waals surface area (Å²) in [5.41, 5.74) is 21.8. The highest BCUT2D eigenvalue weighted by atomic mass is 16.6. The molecular weight excluding hydrogens is 360 g/mol. The van der Waals surface area contributed by atoms with Crippen LogP contribution in [0.15, 0.2) is 0 Å². The zero-order valence-corrected chi connectivity index (χ0v) is 15.5. The molecule has 0 aliphatic heterocycles. The zero-order chi connectivity index (χ0) is 19.9. The van der Waals surface area contributed by atoms with Gasteiger partial charge in [-0.25, -0.2) is 9.59 Å². The van der Waals surface area contributed by atoms with Gasteiger partial charge in [-0.15, -0.1) is 0 Å². The van der Waals surface area contributed by atoms with Crippen LogP contribution < -0.4 is 22.9 Å². The van der Waals surface area contributed by atoms with Gasteiger partial charge in [-0.2, -0.15) is 0 Å². The first-order valence-corrected chi connectivity index (χ1v) is 8.72. The second-order valence-electron chi connectivity index (χ2n) is 5.87. The summed E-state index contributed by atoms with van der Waals surface area (Å²) in [6, 6.07) is -1.85. The van der Waals surface area contributed by atoms with Crippen LogP contribution in [-0.2, 0) is 28.7 Å². The molecule has 0 unspecified atom stereocenters. The van der Waals surface area contributed by atoms with Crippen molar-refractivity contribution in [2.75, 3.05) is 13.1 Å². The molecule has 0 heterocycles. The lowest BCUT2D eigenvalue weighted by molar-refractivity contribution is -0.166. The fraction of sp³-hybridized carbons (Fsp3) is 0.750. The Morgan fingerprint density at radius 1 is 0.667 bits per heavy atom. The van der Waals surface area contributed by atoms with Crippen LogP contribution in [0.1, 0.15) is 51.4 Å². The highest BCUT2D eigenvalue weighted by Gasteiger charge is 2.21. The summed E-state index contributed by atoms with van der Waals surface area (Å²) in [6.07, 6.45) is 2.59. The van der Waals surface area contributed by atoms with Crippen molar-refractivity contribution in [2.45, 2.75) is 63.5 Å². The van der Waals surface area contributed by atoms with Crippen molar-refractivity contribution in [3.63, 3.8) is 0 Å². The molecule has 0 saturated heterocycles. The number of nitrogens with two attached hydrogens (primary N) is 4. The number of ether oxygens (including phenoxy) is 2. The summed E-state index contributed by atoms with van der Waals surface area (Å²) in [4.78, 5) is 46.3. The van der Waals surface area contributed by atoms with Gasteiger partial charge >= 0.3 is 23.9 Å². The summed E-state index contributed by atoms with van der Waals surface area (Å²) >= 11 is 0. The van der Waals surface area contributed by atoms with Crippen molar-refractivity contribution < 1.29 is 34.1 Å². The van der Waals surface area contributed by atoms with Crippen LogP contribution in [0, 0.1) is 0 Å². The minimum atomic E-state index is -0.925. The van der Waals surface area contributed by atoms with Crippen molar-refractivity contribution >= 4 is 23.9 Å². The van der Waals surface area contributed by atoms with Gasteiger partial charge in [-0.3, -0.25) is 9.59 Å². The van der Waals surface area contributed by atoms with Gasteiger partial charge in [0.25, 0.3) is 0 Å². The quantitative estimate of drug-likeness (QED) is 0.153. The van der Waals surface area contributed by atoms with Gasteiger partial charge in [0.15, 0.2) is 0 Å². The Hall–Kier alpha value is -1.92. The van der Waals surface area contributed by atoms with E-state index >= 15 is 0 Å². The minimum Gasteiger partial charge on any atom is -0.412 e. The molecule has 0 aliphatic carbocycles. The van der Waals surface area contributed by atoms with Gasteiger partial charge < -0.3 is 37.9 Å². The Labute approximate surface area is 158 Å². The second kappa shape index (κ2) is 16.3. The lowest BCUT2D eigenvalue weighted by atomic mass is 10.1. The van der Waals surface area contributed by atoms with Crippen LogP contribution in [0.3, 0.4) is 0 Å². The first-order chi connectivity index (χ1) is 12.3. The first kappa shape index (κ1) is 27.3. The number of hydrogen-bond donors (Lipinski definition) is 4. The maximum atomic E-state index is 11.6.